The highest BCUT2D eigenvalue weighted by Crippen LogP contribution is 2.19. The van der Waals surface area contributed by atoms with Crippen molar-refractivity contribution in [3.05, 3.63) is 52.5 Å². The lowest BCUT2D eigenvalue weighted by Crippen LogP contribution is -2.27. The van der Waals surface area contributed by atoms with Gasteiger partial charge in [-0.2, -0.15) is 16.3 Å². The van der Waals surface area contributed by atoms with Gasteiger partial charge in [0.15, 0.2) is 0 Å². The smallest absolute Gasteiger partial charge is 0.253 e. The van der Waals surface area contributed by atoms with Crippen molar-refractivity contribution in [2.75, 3.05) is 18.4 Å². The number of hydrogen-bond donors (Lipinski definition) is 1. The SMILES string of the molecule is O=C(CCc1nc(-c2ccsc2)no1)Nc1ccc(C(=O)N2CCCC2)cc1. The highest BCUT2D eigenvalue weighted by Gasteiger charge is 2.19. The van der Waals surface area contributed by atoms with E-state index in [9.17, 15) is 9.59 Å². The number of hydrogen-bond acceptors (Lipinski definition) is 6. The molecule has 0 unspecified atom stereocenters. The summed E-state index contributed by atoms with van der Waals surface area (Å²) < 4.78 is 5.20. The Morgan fingerprint density at radius 3 is 2.64 bits per heavy atom. The van der Waals surface area contributed by atoms with E-state index in [0.717, 1.165) is 31.5 Å². The highest BCUT2D eigenvalue weighted by atomic mass is 32.1. The van der Waals surface area contributed by atoms with E-state index in [-0.39, 0.29) is 18.2 Å². The van der Waals surface area contributed by atoms with Gasteiger partial charge in [0.2, 0.25) is 17.6 Å². The summed E-state index contributed by atoms with van der Waals surface area (Å²) in [6, 6.07) is 8.93. The van der Waals surface area contributed by atoms with Crippen LogP contribution >= 0.6 is 11.3 Å². The number of carbonyl (C=O) groups excluding carboxylic acids is 2. The van der Waals surface area contributed by atoms with E-state index in [0.29, 0.717) is 29.4 Å². The van der Waals surface area contributed by atoms with E-state index in [1.165, 1.54) is 0 Å². The molecule has 1 saturated heterocycles. The molecule has 28 heavy (non-hydrogen) atoms. The van der Waals surface area contributed by atoms with Crippen molar-refractivity contribution >= 4 is 28.8 Å². The number of amides is 2. The monoisotopic (exact) mass is 396 g/mol. The van der Waals surface area contributed by atoms with Gasteiger partial charge in [-0.1, -0.05) is 5.16 Å². The summed E-state index contributed by atoms with van der Waals surface area (Å²) in [6.45, 7) is 1.64. The minimum atomic E-state index is -0.145. The van der Waals surface area contributed by atoms with Crippen LogP contribution in [0, 0.1) is 0 Å². The van der Waals surface area contributed by atoms with E-state index in [1.807, 2.05) is 21.7 Å². The van der Waals surface area contributed by atoms with Crippen LogP contribution in [0.4, 0.5) is 5.69 Å². The zero-order valence-corrected chi connectivity index (χ0v) is 16.1. The van der Waals surface area contributed by atoms with Gasteiger partial charge < -0.3 is 14.7 Å². The molecular formula is C20H20N4O3S. The second-order valence-corrected chi connectivity index (χ2v) is 7.43. The molecule has 1 N–H and O–H groups in total. The number of benzene rings is 1. The molecule has 0 bridgehead atoms. The average Bonchev–Trinajstić information content (AvgIpc) is 3.49. The van der Waals surface area contributed by atoms with Crippen LogP contribution in [-0.2, 0) is 11.2 Å². The van der Waals surface area contributed by atoms with Crippen LogP contribution in [-0.4, -0.2) is 39.9 Å². The van der Waals surface area contributed by atoms with Gasteiger partial charge >= 0.3 is 0 Å². The number of carbonyl (C=O) groups is 2. The molecule has 3 aromatic rings. The maximum absolute atomic E-state index is 12.3. The molecule has 1 aliphatic heterocycles. The van der Waals surface area contributed by atoms with E-state index in [2.05, 4.69) is 15.5 Å². The third-order valence-corrected chi connectivity index (χ3v) is 5.31. The Morgan fingerprint density at radius 1 is 1.14 bits per heavy atom. The van der Waals surface area contributed by atoms with E-state index >= 15 is 0 Å². The zero-order chi connectivity index (χ0) is 19.3. The van der Waals surface area contributed by atoms with Gasteiger partial charge in [-0.25, -0.2) is 0 Å². The molecule has 144 valence electrons. The molecule has 0 spiro atoms. The average molecular weight is 396 g/mol. The fourth-order valence-electron chi connectivity index (χ4n) is 3.11. The Balaban J connectivity index is 1.28. The lowest BCUT2D eigenvalue weighted by molar-refractivity contribution is -0.116. The van der Waals surface area contributed by atoms with E-state index < -0.39 is 0 Å². The Kier molecular flexibility index (Phi) is 5.48. The number of thiophene rings is 1. The molecule has 3 heterocycles. The van der Waals surface area contributed by atoms with Crippen LogP contribution in [0.5, 0.6) is 0 Å². The minimum Gasteiger partial charge on any atom is -0.339 e. The molecule has 1 fully saturated rings. The first-order valence-corrected chi connectivity index (χ1v) is 10.2. The lowest BCUT2D eigenvalue weighted by Gasteiger charge is -2.15. The third kappa shape index (κ3) is 4.28. The summed E-state index contributed by atoms with van der Waals surface area (Å²) in [6.07, 6.45) is 2.73. The maximum Gasteiger partial charge on any atom is 0.253 e. The van der Waals surface area contributed by atoms with Crippen molar-refractivity contribution in [3.63, 3.8) is 0 Å². The molecule has 2 aromatic heterocycles. The number of nitrogens with one attached hydrogen (secondary N) is 1. The summed E-state index contributed by atoms with van der Waals surface area (Å²) in [5.41, 5.74) is 2.22. The van der Waals surface area contributed by atoms with Crippen LogP contribution in [0.25, 0.3) is 11.4 Å². The second-order valence-electron chi connectivity index (χ2n) is 6.65. The van der Waals surface area contributed by atoms with Gasteiger partial charge in [-0.3, -0.25) is 9.59 Å². The van der Waals surface area contributed by atoms with Crippen molar-refractivity contribution in [3.8, 4) is 11.4 Å². The van der Waals surface area contributed by atoms with Gasteiger partial charge in [0.1, 0.15) is 0 Å². The van der Waals surface area contributed by atoms with Gasteiger partial charge in [0.25, 0.3) is 5.91 Å². The summed E-state index contributed by atoms with van der Waals surface area (Å²) in [7, 11) is 0. The first-order chi connectivity index (χ1) is 13.7. The Hall–Kier alpha value is -3.00. The summed E-state index contributed by atoms with van der Waals surface area (Å²) in [4.78, 5) is 30.7. The molecule has 1 aromatic carbocycles. The normalized spacial score (nSPS) is 13.6. The van der Waals surface area contributed by atoms with Crippen LogP contribution in [0.2, 0.25) is 0 Å². The summed E-state index contributed by atoms with van der Waals surface area (Å²) in [5, 5.41) is 10.7. The molecule has 7 nitrogen and oxygen atoms in total. The predicted molar refractivity (Wildman–Crippen MR) is 106 cm³/mol. The Labute approximate surface area is 166 Å². The van der Waals surface area contributed by atoms with Crippen LogP contribution < -0.4 is 5.32 Å². The maximum atomic E-state index is 12.3. The number of anilines is 1. The fourth-order valence-corrected chi connectivity index (χ4v) is 3.74. The number of aromatic nitrogens is 2. The fraction of sp³-hybridized carbons (Fsp3) is 0.300. The third-order valence-electron chi connectivity index (χ3n) is 4.62. The first kappa shape index (κ1) is 18.4. The largest absolute Gasteiger partial charge is 0.339 e. The van der Waals surface area contributed by atoms with Gasteiger partial charge in [0.05, 0.1) is 0 Å². The molecule has 0 atom stereocenters. The standard InChI is InChI=1S/C20H20N4O3S/c25-17(7-8-18-22-19(23-27-18)15-9-12-28-13-15)21-16-5-3-14(4-6-16)20(26)24-10-1-2-11-24/h3-6,9,12-13H,1-2,7-8,10-11H2,(H,21,25). The van der Waals surface area contributed by atoms with Crippen LogP contribution in [0.1, 0.15) is 35.5 Å². The molecule has 0 saturated carbocycles. The van der Waals surface area contributed by atoms with Gasteiger partial charge in [0, 0.05) is 48.1 Å². The topological polar surface area (TPSA) is 88.3 Å². The number of aryl methyl sites for hydroxylation is 1. The second kappa shape index (κ2) is 8.35. The predicted octanol–water partition coefficient (Wildman–Crippen LogP) is 3.61. The van der Waals surface area contributed by atoms with Gasteiger partial charge in [-0.05, 0) is 48.6 Å². The van der Waals surface area contributed by atoms with E-state index in [4.69, 9.17) is 4.52 Å². The van der Waals surface area contributed by atoms with Crippen molar-refractivity contribution in [1.82, 2.24) is 15.0 Å². The highest BCUT2D eigenvalue weighted by molar-refractivity contribution is 7.08. The van der Waals surface area contributed by atoms with Crippen LogP contribution in [0.15, 0.2) is 45.6 Å². The van der Waals surface area contributed by atoms with Crippen molar-refractivity contribution in [1.29, 1.82) is 0 Å². The molecule has 8 heteroatoms. The minimum absolute atomic E-state index is 0.0493. The molecule has 0 aliphatic carbocycles. The molecule has 1 aliphatic rings. The Bertz CT molecular complexity index is 944. The van der Waals surface area contributed by atoms with Gasteiger partial charge in [-0.15, -0.1) is 0 Å². The van der Waals surface area contributed by atoms with Crippen molar-refractivity contribution < 1.29 is 14.1 Å². The quantitative estimate of drug-likeness (QED) is 0.688. The molecule has 0 radical (unpaired) electrons. The van der Waals surface area contributed by atoms with Crippen molar-refractivity contribution in [2.45, 2.75) is 25.7 Å². The number of rotatable bonds is 6. The van der Waals surface area contributed by atoms with Crippen LogP contribution in [0.3, 0.4) is 0 Å². The van der Waals surface area contributed by atoms with E-state index in [1.54, 1.807) is 35.6 Å². The summed E-state index contributed by atoms with van der Waals surface area (Å²) in [5.74, 6) is 0.875. The van der Waals surface area contributed by atoms with Crippen molar-refractivity contribution in [2.24, 2.45) is 0 Å². The Morgan fingerprint density at radius 2 is 1.93 bits per heavy atom. The molecular weight excluding hydrogens is 376 g/mol. The summed E-state index contributed by atoms with van der Waals surface area (Å²) >= 11 is 1.56. The number of nitrogens with zero attached hydrogens (tertiary/aromatic N) is 3. The molecule has 4 rings (SSSR count). The lowest BCUT2D eigenvalue weighted by atomic mass is 10.1. The first-order valence-electron chi connectivity index (χ1n) is 9.23. The zero-order valence-electron chi connectivity index (χ0n) is 15.3. The number of likely N-dealkylation sites (tertiary alicyclic amines) is 1. The molecule has 2 amide bonds.